The Morgan fingerprint density at radius 3 is 2.67 bits per heavy atom. The lowest BCUT2D eigenvalue weighted by Crippen LogP contribution is -2.33. The van der Waals surface area contributed by atoms with Crippen LogP contribution in [0.5, 0.6) is 0 Å². The number of anilines is 2. The third-order valence-corrected chi connectivity index (χ3v) is 4.16. The number of hydrogen-bond donors (Lipinski definition) is 3. The average Bonchev–Trinajstić information content (AvgIpc) is 2.30. The molecule has 18 heavy (non-hydrogen) atoms. The van der Waals surface area contributed by atoms with E-state index in [9.17, 15) is 13.8 Å². The van der Waals surface area contributed by atoms with Gasteiger partial charge in [-0.25, -0.2) is 4.79 Å². The Hall–Kier alpha value is -1.57. The smallest absolute Gasteiger partial charge is 0.329 e. The van der Waals surface area contributed by atoms with Crippen LogP contribution in [-0.4, -0.2) is 31.8 Å². The highest BCUT2D eigenvalue weighted by Gasteiger charge is 2.10. The first-order valence-electron chi connectivity index (χ1n) is 5.49. The Morgan fingerprint density at radius 1 is 1.50 bits per heavy atom. The van der Waals surface area contributed by atoms with Gasteiger partial charge in [0.2, 0.25) is 0 Å². The van der Waals surface area contributed by atoms with Crippen molar-refractivity contribution < 1.29 is 4.21 Å². The second-order valence-corrected chi connectivity index (χ2v) is 5.91. The molecule has 1 heterocycles. The molecule has 0 aromatic carbocycles. The summed E-state index contributed by atoms with van der Waals surface area (Å²) in [5, 5.41) is 2.90. The van der Waals surface area contributed by atoms with Crippen LogP contribution in [0.2, 0.25) is 0 Å². The van der Waals surface area contributed by atoms with Crippen LogP contribution in [0.1, 0.15) is 13.3 Å². The van der Waals surface area contributed by atoms with Gasteiger partial charge in [0.05, 0.1) is 0 Å². The molecule has 2 atom stereocenters. The van der Waals surface area contributed by atoms with Crippen LogP contribution in [-0.2, 0) is 17.8 Å². The summed E-state index contributed by atoms with van der Waals surface area (Å²) in [6.45, 7) is 2.33. The number of nitrogens with one attached hydrogen (secondary N) is 2. The van der Waals surface area contributed by atoms with Crippen molar-refractivity contribution in [3.63, 3.8) is 0 Å². The monoisotopic (exact) mass is 274 g/mol. The molecule has 0 aliphatic carbocycles. The summed E-state index contributed by atoms with van der Waals surface area (Å²) in [6, 6.07) is 0. The summed E-state index contributed by atoms with van der Waals surface area (Å²) in [5.74, 6) is 0.0917. The fourth-order valence-electron chi connectivity index (χ4n) is 1.37. The van der Waals surface area contributed by atoms with Crippen molar-refractivity contribution >= 4 is 22.3 Å². The van der Waals surface area contributed by atoms with E-state index in [1.165, 1.54) is 7.05 Å². The predicted octanol–water partition coefficient (Wildman–Crippen LogP) is -0.775. The first kappa shape index (κ1) is 14.5. The molecule has 1 aromatic heterocycles. The van der Waals surface area contributed by atoms with Gasteiger partial charge in [0, 0.05) is 35.9 Å². The minimum Gasteiger partial charge on any atom is -0.383 e. The zero-order valence-corrected chi connectivity index (χ0v) is 11.5. The van der Waals surface area contributed by atoms with Crippen LogP contribution in [0.15, 0.2) is 9.59 Å². The summed E-state index contributed by atoms with van der Waals surface area (Å²) in [5.41, 5.74) is 4.76. The lowest BCUT2D eigenvalue weighted by atomic mass is 10.3. The fourth-order valence-corrected chi connectivity index (χ4v) is 1.82. The quantitative estimate of drug-likeness (QED) is 0.653. The Morgan fingerprint density at radius 2 is 2.11 bits per heavy atom. The maximum Gasteiger partial charge on any atom is 0.329 e. The molecule has 0 aliphatic heterocycles. The van der Waals surface area contributed by atoms with Gasteiger partial charge >= 0.3 is 5.69 Å². The molecule has 0 aliphatic rings. The second kappa shape index (κ2) is 5.85. The number of H-pyrrole nitrogens is 1. The van der Waals surface area contributed by atoms with Gasteiger partial charge in [0.15, 0.2) is 0 Å². The molecule has 7 nitrogen and oxygen atoms in total. The molecule has 0 saturated heterocycles. The number of nitrogens with two attached hydrogens (primary N) is 1. The average molecular weight is 274 g/mol. The molecule has 1 rings (SSSR count). The lowest BCUT2D eigenvalue weighted by Gasteiger charge is -2.12. The molecule has 0 bridgehead atoms. The van der Waals surface area contributed by atoms with Gasteiger partial charge in [0.1, 0.15) is 11.5 Å². The van der Waals surface area contributed by atoms with Crippen LogP contribution in [0, 0.1) is 0 Å². The van der Waals surface area contributed by atoms with E-state index < -0.39 is 22.0 Å². The van der Waals surface area contributed by atoms with Gasteiger partial charge in [-0.2, -0.15) is 0 Å². The third kappa shape index (κ3) is 3.22. The van der Waals surface area contributed by atoms with Crippen LogP contribution >= 0.6 is 0 Å². The molecule has 0 spiro atoms. The molecule has 1 aromatic rings. The highest BCUT2D eigenvalue weighted by Crippen LogP contribution is 2.09. The minimum atomic E-state index is -0.899. The molecule has 0 fully saturated rings. The van der Waals surface area contributed by atoms with E-state index >= 15 is 0 Å². The van der Waals surface area contributed by atoms with E-state index in [1.54, 1.807) is 6.26 Å². The molecule has 0 amide bonds. The van der Waals surface area contributed by atoms with Crippen LogP contribution in [0.25, 0.3) is 0 Å². The highest BCUT2D eigenvalue weighted by molar-refractivity contribution is 7.84. The van der Waals surface area contributed by atoms with Crippen molar-refractivity contribution in [2.75, 3.05) is 23.9 Å². The summed E-state index contributed by atoms with van der Waals surface area (Å²) in [6.07, 6.45) is 2.28. The van der Waals surface area contributed by atoms with Gasteiger partial charge in [-0.3, -0.25) is 18.6 Å². The topological polar surface area (TPSA) is 110 Å². The summed E-state index contributed by atoms with van der Waals surface area (Å²) in [4.78, 5) is 25.0. The number of rotatable bonds is 5. The van der Waals surface area contributed by atoms with Gasteiger partial charge in [-0.15, -0.1) is 0 Å². The van der Waals surface area contributed by atoms with Gasteiger partial charge < -0.3 is 11.1 Å². The first-order chi connectivity index (χ1) is 8.34. The van der Waals surface area contributed by atoms with Crippen molar-refractivity contribution in [1.29, 1.82) is 0 Å². The van der Waals surface area contributed by atoms with E-state index in [1.807, 2.05) is 6.92 Å². The molecule has 2 unspecified atom stereocenters. The fraction of sp³-hybridized carbons (Fsp3) is 0.600. The Bertz CT molecular complexity index is 563. The summed E-state index contributed by atoms with van der Waals surface area (Å²) >= 11 is 0. The van der Waals surface area contributed by atoms with Gasteiger partial charge in [-0.1, -0.05) is 6.92 Å². The number of aromatic amines is 1. The number of nitrogens with zero attached hydrogens (tertiary/aromatic N) is 1. The number of nitrogen functional groups attached to an aromatic ring is 1. The molecule has 102 valence electrons. The molecule has 0 radical (unpaired) electrons. The zero-order valence-electron chi connectivity index (χ0n) is 10.6. The largest absolute Gasteiger partial charge is 0.383 e. The Balaban J connectivity index is 2.81. The van der Waals surface area contributed by atoms with Crippen LogP contribution in [0.4, 0.5) is 11.5 Å². The molecule has 0 saturated carbocycles. The van der Waals surface area contributed by atoms with E-state index in [0.29, 0.717) is 13.0 Å². The molecular formula is C10H18N4O3S. The lowest BCUT2D eigenvalue weighted by molar-refractivity contribution is 0.672. The van der Waals surface area contributed by atoms with E-state index in [-0.39, 0.29) is 16.8 Å². The molecule has 8 heteroatoms. The normalized spacial score (nSPS) is 14.2. The van der Waals surface area contributed by atoms with Gasteiger partial charge in [-0.05, 0) is 6.42 Å². The Labute approximate surface area is 107 Å². The van der Waals surface area contributed by atoms with Crippen molar-refractivity contribution in [2.24, 2.45) is 7.05 Å². The van der Waals surface area contributed by atoms with Crippen LogP contribution in [0.3, 0.4) is 0 Å². The van der Waals surface area contributed by atoms with Crippen molar-refractivity contribution in [1.82, 2.24) is 9.55 Å². The van der Waals surface area contributed by atoms with E-state index in [0.717, 1.165) is 4.57 Å². The SMILES string of the molecule is CC(CCNc1c(N)n(C)c(=O)[nH]c1=O)S(C)=O. The Kier molecular flexibility index (Phi) is 4.71. The van der Waals surface area contributed by atoms with Crippen molar-refractivity contribution in [3.8, 4) is 0 Å². The second-order valence-electron chi connectivity index (χ2n) is 4.10. The van der Waals surface area contributed by atoms with Crippen molar-refractivity contribution in [3.05, 3.63) is 20.8 Å². The van der Waals surface area contributed by atoms with E-state index in [2.05, 4.69) is 10.3 Å². The summed E-state index contributed by atoms with van der Waals surface area (Å²) < 4.78 is 12.3. The third-order valence-electron chi connectivity index (χ3n) is 2.79. The highest BCUT2D eigenvalue weighted by atomic mass is 32.2. The molecular weight excluding hydrogens is 256 g/mol. The predicted molar refractivity (Wildman–Crippen MR) is 73.4 cm³/mol. The zero-order chi connectivity index (χ0) is 13.9. The maximum absolute atomic E-state index is 11.6. The first-order valence-corrected chi connectivity index (χ1v) is 7.11. The standard InChI is InChI=1S/C10H18N4O3S/c1-6(18(3)17)4-5-12-7-8(11)14(2)10(16)13-9(7)15/h6,12H,4-5,11H2,1-3H3,(H,13,15,16). The number of aromatic nitrogens is 2. The van der Waals surface area contributed by atoms with E-state index in [4.69, 9.17) is 5.73 Å². The van der Waals surface area contributed by atoms with Crippen LogP contribution < -0.4 is 22.3 Å². The minimum absolute atomic E-state index is 0.0327. The van der Waals surface area contributed by atoms with Crippen molar-refractivity contribution in [2.45, 2.75) is 18.6 Å². The maximum atomic E-state index is 11.6. The summed E-state index contributed by atoms with van der Waals surface area (Å²) in [7, 11) is 0.575. The molecule has 4 N–H and O–H groups in total. The van der Waals surface area contributed by atoms with Gasteiger partial charge in [0.25, 0.3) is 5.56 Å². The number of hydrogen-bond acceptors (Lipinski definition) is 5.